The number of fused-ring (bicyclic) bond motifs is 1. The normalized spacial score (nSPS) is 17.4. The molecular formula is C25H28N4O5. The van der Waals surface area contributed by atoms with Gasteiger partial charge in [0.15, 0.2) is 6.04 Å². The molecule has 1 atom stereocenters. The van der Waals surface area contributed by atoms with Crippen LogP contribution in [-0.4, -0.2) is 48.8 Å². The molecule has 1 unspecified atom stereocenters. The van der Waals surface area contributed by atoms with Gasteiger partial charge in [-0.15, -0.1) is 0 Å². The van der Waals surface area contributed by atoms with E-state index >= 15 is 0 Å². The fraction of sp³-hybridized carbons (Fsp3) is 0.360. The Morgan fingerprint density at radius 2 is 1.97 bits per heavy atom. The van der Waals surface area contributed by atoms with Crippen molar-refractivity contribution in [3.8, 4) is 5.75 Å². The fourth-order valence-corrected chi connectivity index (χ4v) is 4.65. The molecule has 1 aromatic heterocycles. The smallest absolute Gasteiger partial charge is 0.496 e. The molecule has 178 valence electrons. The number of oxime groups is 1. The molecule has 0 bridgehead atoms. The average Bonchev–Trinajstić information content (AvgIpc) is 3.51. The predicted molar refractivity (Wildman–Crippen MR) is 126 cm³/mol. The summed E-state index contributed by atoms with van der Waals surface area (Å²) >= 11 is 0. The van der Waals surface area contributed by atoms with Gasteiger partial charge in [-0.25, -0.2) is 0 Å². The lowest BCUT2D eigenvalue weighted by Gasteiger charge is -2.31. The van der Waals surface area contributed by atoms with Gasteiger partial charge in [0.05, 0.1) is 7.11 Å². The Labute approximate surface area is 197 Å². The van der Waals surface area contributed by atoms with Crippen LogP contribution in [0.1, 0.15) is 42.2 Å². The van der Waals surface area contributed by atoms with E-state index in [-0.39, 0.29) is 5.96 Å². The zero-order chi connectivity index (χ0) is 23.5. The highest BCUT2D eigenvalue weighted by molar-refractivity contribution is 5.82. The number of aryl methyl sites for hydroxylation is 1. The number of furan rings is 1. The van der Waals surface area contributed by atoms with Crippen LogP contribution in [0.3, 0.4) is 0 Å². The Hall–Kier alpha value is -3.72. The number of rotatable bonds is 8. The molecule has 0 aliphatic carbocycles. The number of hydroxylamine groups is 2. The zero-order valence-electron chi connectivity index (χ0n) is 19.1. The number of guanidine groups is 1. The lowest BCUT2D eigenvalue weighted by molar-refractivity contribution is -0.116. The number of methoxy groups -OCH3 is 1. The van der Waals surface area contributed by atoms with Crippen molar-refractivity contribution in [2.45, 2.75) is 31.7 Å². The van der Waals surface area contributed by atoms with Crippen LogP contribution in [0.25, 0.3) is 11.0 Å². The van der Waals surface area contributed by atoms with Crippen LogP contribution in [0, 0.1) is 0 Å². The summed E-state index contributed by atoms with van der Waals surface area (Å²) in [6, 6.07) is 14.9. The van der Waals surface area contributed by atoms with Crippen molar-refractivity contribution in [1.82, 2.24) is 9.96 Å². The minimum Gasteiger partial charge on any atom is -0.496 e. The highest BCUT2D eigenvalue weighted by Gasteiger charge is 2.36. The molecule has 0 radical (unpaired) electrons. The van der Waals surface area contributed by atoms with Crippen LogP contribution < -0.4 is 10.5 Å². The van der Waals surface area contributed by atoms with Gasteiger partial charge in [0.2, 0.25) is 0 Å². The number of ether oxygens (including phenoxy) is 1. The number of hydrogen-bond acceptors (Lipinski definition) is 9. The molecule has 3 aromatic rings. The van der Waals surface area contributed by atoms with Gasteiger partial charge in [-0.05, 0) is 80.3 Å². The SMILES string of the molecule is COc1ccc(CCCN2CCCC2)cc1C(c1cc2ccccc2o1)N1OC(=O)ON=C1N. The summed E-state index contributed by atoms with van der Waals surface area (Å²) in [6.07, 6.45) is 3.56. The second-order valence-electron chi connectivity index (χ2n) is 8.53. The predicted octanol–water partition coefficient (Wildman–Crippen LogP) is 4.17. The Bertz CT molecular complexity index is 1170. The summed E-state index contributed by atoms with van der Waals surface area (Å²) < 4.78 is 11.8. The molecule has 2 N–H and O–H groups in total. The van der Waals surface area contributed by atoms with Crippen LogP contribution >= 0.6 is 0 Å². The summed E-state index contributed by atoms with van der Waals surface area (Å²) in [5.74, 6) is 1.04. The zero-order valence-corrected chi connectivity index (χ0v) is 19.1. The summed E-state index contributed by atoms with van der Waals surface area (Å²) in [7, 11) is 1.60. The van der Waals surface area contributed by atoms with Gasteiger partial charge in [0.25, 0.3) is 5.96 Å². The molecular weight excluding hydrogens is 436 g/mol. The van der Waals surface area contributed by atoms with E-state index < -0.39 is 12.2 Å². The van der Waals surface area contributed by atoms with E-state index in [9.17, 15) is 4.79 Å². The Kier molecular flexibility index (Phi) is 6.27. The molecule has 9 nitrogen and oxygen atoms in total. The first-order valence-corrected chi connectivity index (χ1v) is 11.5. The number of likely N-dealkylation sites (tertiary alicyclic amines) is 1. The van der Waals surface area contributed by atoms with Crippen molar-refractivity contribution >= 4 is 23.1 Å². The van der Waals surface area contributed by atoms with E-state index in [4.69, 9.17) is 19.7 Å². The van der Waals surface area contributed by atoms with E-state index in [2.05, 4.69) is 27.0 Å². The number of nitrogens with two attached hydrogens (primary N) is 1. The first-order chi connectivity index (χ1) is 16.6. The van der Waals surface area contributed by atoms with Crippen molar-refractivity contribution in [3.05, 3.63) is 65.4 Å². The maximum Gasteiger partial charge on any atom is 0.560 e. The van der Waals surface area contributed by atoms with Crippen LogP contribution in [0.15, 0.2) is 58.1 Å². The topological polar surface area (TPSA) is 103 Å². The molecule has 0 saturated carbocycles. The van der Waals surface area contributed by atoms with Gasteiger partial charge < -0.3 is 24.6 Å². The van der Waals surface area contributed by atoms with Crippen molar-refractivity contribution in [3.63, 3.8) is 0 Å². The largest absolute Gasteiger partial charge is 0.560 e. The maximum absolute atomic E-state index is 11.9. The Morgan fingerprint density at radius 3 is 2.76 bits per heavy atom. The van der Waals surface area contributed by atoms with E-state index in [1.165, 1.54) is 31.0 Å². The monoisotopic (exact) mass is 464 g/mol. The number of nitrogens with zero attached hydrogens (tertiary/aromatic N) is 3. The van der Waals surface area contributed by atoms with Crippen molar-refractivity contribution in [2.24, 2.45) is 10.9 Å². The second-order valence-corrected chi connectivity index (χ2v) is 8.53. The standard InChI is InChI=1S/C25H28N4O5/c1-31-21-11-10-17(7-6-14-28-12-4-5-13-28)15-19(21)23(29-24(26)27-33-25(30)34-29)22-16-18-8-2-3-9-20(18)32-22/h2-3,8-11,15-16,23H,4-7,12-14H2,1H3,(H2,26,27). The molecule has 0 amide bonds. The Morgan fingerprint density at radius 1 is 1.15 bits per heavy atom. The number of para-hydroxylation sites is 1. The molecule has 34 heavy (non-hydrogen) atoms. The number of carbonyl (C=O) groups excluding carboxylic acids is 1. The van der Waals surface area contributed by atoms with Gasteiger partial charge >= 0.3 is 6.16 Å². The van der Waals surface area contributed by atoms with Gasteiger partial charge in [-0.1, -0.05) is 24.3 Å². The third-order valence-corrected chi connectivity index (χ3v) is 6.29. The molecule has 3 heterocycles. The van der Waals surface area contributed by atoms with E-state index in [1.807, 2.05) is 36.4 Å². The van der Waals surface area contributed by atoms with Crippen LogP contribution in [0.4, 0.5) is 4.79 Å². The summed E-state index contributed by atoms with van der Waals surface area (Å²) in [4.78, 5) is 24.4. The molecule has 1 fully saturated rings. The minimum atomic E-state index is -0.976. The van der Waals surface area contributed by atoms with Crippen molar-refractivity contribution in [2.75, 3.05) is 26.7 Å². The van der Waals surface area contributed by atoms with Crippen LogP contribution in [0.5, 0.6) is 5.75 Å². The van der Waals surface area contributed by atoms with Crippen molar-refractivity contribution in [1.29, 1.82) is 0 Å². The third kappa shape index (κ3) is 4.51. The molecule has 9 heteroatoms. The maximum atomic E-state index is 11.9. The molecule has 5 rings (SSSR count). The second kappa shape index (κ2) is 9.64. The van der Waals surface area contributed by atoms with Gasteiger partial charge in [-0.2, -0.15) is 9.86 Å². The van der Waals surface area contributed by atoms with Gasteiger partial charge in [-0.3, -0.25) is 4.84 Å². The van der Waals surface area contributed by atoms with E-state index in [0.717, 1.165) is 35.9 Å². The molecule has 2 aliphatic heterocycles. The number of carbonyl (C=O) groups is 1. The van der Waals surface area contributed by atoms with Crippen LogP contribution in [0.2, 0.25) is 0 Å². The summed E-state index contributed by atoms with van der Waals surface area (Å²) in [6.45, 7) is 3.45. The minimum absolute atomic E-state index is 0.105. The Balaban J connectivity index is 1.52. The molecule has 1 saturated heterocycles. The third-order valence-electron chi connectivity index (χ3n) is 6.29. The van der Waals surface area contributed by atoms with E-state index in [0.29, 0.717) is 17.1 Å². The highest BCUT2D eigenvalue weighted by Crippen LogP contribution is 2.39. The molecule has 2 aromatic carbocycles. The van der Waals surface area contributed by atoms with Crippen LogP contribution in [-0.2, 0) is 16.1 Å². The summed E-state index contributed by atoms with van der Waals surface area (Å²) in [5, 5.41) is 5.77. The van der Waals surface area contributed by atoms with Gasteiger partial charge in [0.1, 0.15) is 17.1 Å². The lowest BCUT2D eigenvalue weighted by Crippen LogP contribution is -2.45. The quantitative estimate of drug-likeness (QED) is 0.496. The van der Waals surface area contributed by atoms with Crippen molar-refractivity contribution < 1.29 is 23.6 Å². The average molecular weight is 465 g/mol. The summed E-state index contributed by atoms with van der Waals surface area (Å²) in [5.41, 5.74) is 8.67. The number of hydrogen-bond donors (Lipinski definition) is 1. The van der Waals surface area contributed by atoms with Gasteiger partial charge in [0, 0.05) is 10.9 Å². The molecule has 0 spiro atoms. The van der Waals surface area contributed by atoms with E-state index in [1.54, 1.807) is 7.11 Å². The lowest BCUT2D eigenvalue weighted by atomic mass is 9.98. The molecule has 2 aliphatic rings. The highest BCUT2D eigenvalue weighted by atomic mass is 16.9. The first-order valence-electron chi connectivity index (χ1n) is 11.5. The number of benzene rings is 2. The first kappa shape index (κ1) is 22.1. The fourth-order valence-electron chi connectivity index (χ4n) is 4.65.